The van der Waals surface area contributed by atoms with Gasteiger partial charge in [-0.25, -0.2) is 0 Å². The highest BCUT2D eigenvalue weighted by molar-refractivity contribution is 5.45. The topological polar surface area (TPSA) is 53.5 Å². The Bertz CT molecular complexity index is 227. The molecule has 0 aromatic heterocycles. The number of rotatable bonds is 3. The van der Waals surface area contributed by atoms with Crippen LogP contribution in [0.15, 0.2) is 24.3 Å². The van der Waals surface area contributed by atoms with Gasteiger partial charge in [-0.15, -0.1) is 0 Å². The molecule has 0 atom stereocenters. The third kappa shape index (κ3) is 2.10. The number of hydrogen-bond acceptors (Lipinski definition) is 4. The van der Waals surface area contributed by atoms with Crippen LogP contribution in [0.5, 0.6) is 5.75 Å². The Labute approximate surface area is 64.7 Å². The van der Waals surface area contributed by atoms with Crippen LogP contribution in [0.1, 0.15) is 0 Å². The van der Waals surface area contributed by atoms with Gasteiger partial charge in [-0.1, -0.05) is 6.07 Å². The highest BCUT2D eigenvalue weighted by Crippen LogP contribution is 2.15. The summed E-state index contributed by atoms with van der Waals surface area (Å²) in [6.45, 7) is 0. The molecule has 0 saturated carbocycles. The molecule has 1 aromatic rings. The van der Waals surface area contributed by atoms with Crippen molar-refractivity contribution in [2.75, 3.05) is 12.5 Å². The third-order valence-electron chi connectivity index (χ3n) is 1.18. The van der Waals surface area contributed by atoms with Gasteiger partial charge >= 0.3 is 0 Å². The molecule has 0 unspecified atom stereocenters. The van der Waals surface area contributed by atoms with Crippen molar-refractivity contribution < 1.29 is 10.0 Å². The maximum absolute atomic E-state index is 8.50. The average Bonchev–Trinajstić information content (AvgIpc) is 2.06. The van der Waals surface area contributed by atoms with Gasteiger partial charge in [0.05, 0.1) is 5.69 Å². The Balaban J connectivity index is 2.74. The van der Waals surface area contributed by atoms with Crippen molar-refractivity contribution in [1.82, 2.24) is 5.48 Å². The number of hydrogen-bond donors (Lipinski definition) is 3. The minimum absolute atomic E-state index is 0.595. The first-order valence-electron chi connectivity index (χ1n) is 3.20. The van der Waals surface area contributed by atoms with E-state index in [1.54, 1.807) is 31.3 Å². The smallest absolute Gasteiger partial charge is 0.149 e. The molecular weight excluding hydrogens is 144 g/mol. The van der Waals surface area contributed by atoms with Crippen molar-refractivity contribution in [3.8, 4) is 5.75 Å². The molecule has 0 bridgehead atoms. The maximum Gasteiger partial charge on any atom is 0.149 e. The molecule has 11 heavy (non-hydrogen) atoms. The zero-order valence-corrected chi connectivity index (χ0v) is 6.16. The largest absolute Gasteiger partial charge is 0.409 e. The molecule has 3 N–H and O–H groups in total. The van der Waals surface area contributed by atoms with Gasteiger partial charge in [-0.3, -0.25) is 10.7 Å². The lowest BCUT2D eigenvalue weighted by Gasteiger charge is -2.03. The van der Waals surface area contributed by atoms with Crippen LogP contribution in [-0.2, 0) is 0 Å². The second-order valence-corrected chi connectivity index (χ2v) is 1.95. The van der Waals surface area contributed by atoms with E-state index in [2.05, 4.69) is 5.48 Å². The Morgan fingerprint density at radius 2 is 2.27 bits per heavy atom. The van der Waals surface area contributed by atoms with E-state index in [1.807, 2.05) is 5.48 Å². The highest BCUT2D eigenvalue weighted by Gasteiger charge is 1.92. The van der Waals surface area contributed by atoms with Crippen molar-refractivity contribution in [2.45, 2.75) is 0 Å². The maximum atomic E-state index is 8.50. The molecule has 1 rings (SSSR count). The van der Waals surface area contributed by atoms with Crippen LogP contribution < -0.4 is 15.8 Å². The molecule has 4 heteroatoms. The van der Waals surface area contributed by atoms with Crippen LogP contribution in [0.3, 0.4) is 0 Å². The van der Waals surface area contributed by atoms with E-state index < -0.39 is 0 Å². The van der Waals surface area contributed by atoms with E-state index >= 15 is 0 Å². The molecule has 0 amide bonds. The number of anilines is 1. The molecule has 4 nitrogen and oxygen atoms in total. The number of nitrogens with one attached hydrogen (secondary N) is 2. The normalized spacial score (nSPS) is 9.27. The van der Waals surface area contributed by atoms with E-state index in [0.717, 1.165) is 0 Å². The van der Waals surface area contributed by atoms with Crippen molar-refractivity contribution >= 4 is 5.69 Å². The van der Waals surface area contributed by atoms with Gasteiger partial charge in [0, 0.05) is 13.1 Å². The van der Waals surface area contributed by atoms with Gasteiger partial charge in [0.15, 0.2) is 0 Å². The van der Waals surface area contributed by atoms with Crippen molar-refractivity contribution in [1.29, 1.82) is 0 Å². The van der Waals surface area contributed by atoms with Crippen molar-refractivity contribution in [2.24, 2.45) is 0 Å². The summed E-state index contributed by atoms with van der Waals surface area (Å²) >= 11 is 0. The lowest BCUT2D eigenvalue weighted by Crippen LogP contribution is -2.10. The Morgan fingerprint density at radius 3 is 2.91 bits per heavy atom. The minimum Gasteiger partial charge on any atom is -0.409 e. The van der Waals surface area contributed by atoms with Crippen LogP contribution in [0.25, 0.3) is 0 Å². The number of benzene rings is 1. The minimum atomic E-state index is 0.595. The molecule has 0 saturated heterocycles. The second-order valence-electron chi connectivity index (χ2n) is 1.95. The first-order chi connectivity index (χ1) is 5.36. The van der Waals surface area contributed by atoms with E-state index in [-0.39, 0.29) is 0 Å². The summed E-state index contributed by atoms with van der Waals surface area (Å²) in [5, 5.41) is 8.50. The van der Waals surface area contributed by atoms with Gasteiger partial charge in [0.1, 0.15) is 5.75 Å². The second kappa shape index (κ2) is 3.80. The lowest BCUT2D eigenvalue weighted by molar-refractivity contribution is 0.224. The molecule has 0 aliphatic heterocycles. The molecule has 0 spiro atoms. The van der Waals surface area contributed by atoms with Gasteiger partial charge < -0.3 is 4.84 Å². The predicted octanol–water partition coefficient (Wildman–Crippen LogP) is 1.00. The van der Waals surface area contributed by atoms with Crippen LogP contribution in [0.4, 0.5) is 5.69 Å². The van der Waals surface area contributed by atoms with Crippen molar-refractivity contribution in [3.05, 3.63) is 24.3 Å². The fraction of sp³-hybridized carbons (Fsp3) is 0.143. The highest BCUT2D eigenvalue weighted by atomic mass is 16.6. The lowest BCUT2D eigenvalue weighted by atomic mass is 10.3. The monoisotopic (exact) mass is 154 g/mol. The van der Waals surface area contributed by atoms with Gasteiger partial charge in [0.2, 0.25) is 0 Å². The van der Waals surface area contributed by atoms with Gasteiger partial charge in [-0.05, 0) is 12.1 Å². The quantitative estimate of drug-likeness (QED) is 0.568. The van der Waals surface area contributed by atoms with Gasteiger partial charge in [0.25, 0.3) is 0 Å². The van der Waals surface area contributed by atoms with Crippen LogP contribution in [0, 0.1) is 0 Å². The van der Waals surface area contributed by atoms with Crippen LogP contribution in [0.2, 0.25) is 0 Å². The van der Waals surface area contributed by atoms with E-state index in [1.165, 1.54) is 0 Å². The standard InChI is InChI=1S/C7H10N2O2/c1-8-11-7-4-2-3-6(5-7)9-10/h2-5,8-10H,1H3. The molecule has 1 aromatic carbocycles. The molecular formula is C7H10N2O2. The van der Waals surface area contributed by atoms with Crippen molar-refractivity contribution in [3.63, 3.8) is 0 Å². The zero-order valence-electron chi connectivity index (χ0n) is 6.16. The van der Waals surface area contributed by atoms with E-state index in [4.69, 9.17) is 10.0 Å². The summed E-state index contributed by atoms with van der Waals surface area (Å²) in [6, 6.07) is 6.93. The summed E-state index contributed by atoms with van der Waals surface area (Å²) in [7, 11) is 1.67. The summed E-state index contributed by atoms with van der Waals surface area (Å²) in [6.07, 6.45) is 0. The molecule has 60 valence electrons. The first-order valence-corrected chi connectivity index (χ1v) is 3.20. The Hall–Kier alpha value is -1.26. The predicted molar refractivity (Wildman–Crippen MR) is 41.5 cm³/mol. The summed E-state index contributed by atoms with van der Waals surface area (Å²) in [4.78, 5) is 4.95. The Morgan fingerprint density at radius 1 is 1.45 bits per heavy atom. The third-order valence-corrected chi connectivity index (χ3v) is 1.18. The zero-order chi connectivity index (χ0) is 8.10. The van der Waals surface area contributed by atoms with E-state index in [0.29, 0.717) is 11.4 Å². The average molecular weight is 154 g/mol. The van der Waals surface area contributed by atoms with Crippen LogP contribution in [-0.4, -0.2) is 12.3 Å². The summed E-state index contributed by atoms with van der Waals surface area (Å²) in [5.41, 5.74) is 5.14. The Kier molecular flexibility index (Phi) is 2.71. The molecule has 0 radical (unpaired) electrons. The van der Waals surface area contributed by atoms with Crippen LogP contribution >= 0.6 is 0 Å². The summed E-state index contributed by atoms with van der Waals surface area (Å²) < 4.78 is 0. The van der Waals surface area contributed by atoms with Gasteiger partial charge in [-0.2, -0.15) is 5.48 Å². The molecule has 0 aliphatic rings. The fourth-order valence-electron chi connectivity index (χ4n) is 0.747. The molecule has 0 heterocycles. The SMILES string of the molecule is CNOc1cccc(NO)c1. The number of hydroxylamine groups is 1. The molecule has 0 fully saturated rings. The molecule has 0 aliphatic carbocycles. The fourth-order valence-corrected chi connectivity index (χ4v) is 0.747. The van der Waals surface area contributed by atoms with E-state index in [9.17, 15) is 0 Å². The summed E-state index contributed by atoms with van der Waals surface area (Å²) in [5.74, 6) is 0.645. The first kappa shape index (κ1) is 7.84.